The predicted octanol–water partition coefficient (Wildman–Crippen LogP) is 0.245. The quantitative estimate of drug-likeness (QED) is 0.261. The van der Waals surface area contributed by atoms with Gasteiger partial charge in [0.05, 0.1) is 30.3 Å². The Morgan fingerprint density at radius 2 is 1.72 bits per heavy atom. The number of nitrogens with one attached hydrogen (secondary N) is 1. The number of likely N-dealkylation sites (N-methyl/N-ethyl adjacent to an activating group) is 2. The largest absolute Gasteiger partial charge is 0.459 e. The molecule has 0 spiro atoms. The summed E-state index contributed by atoms with van der Waals surface area (Å²) >= 11 is 0. The van der Waals surface area contributed by atoms with Crippen LogP contribution in [0, 0.1) is 17.8 Å². The number of aliphatic hydroxyl groups excluding tert-OH is 3. The van der Waals surface area contributed by atoms with Gasteiger partial charge < -0.3 is 50.0 Å². The summed E-state index contributed by atoms with van der Waals surface area (Å²) in [4.78, 5) is 15.1. The van der Waals surface area contributed by atoms with Crippen LogP contribution in [-0.4, -0.2) is 124 Å². The van der Waals surface area contributed by atoms with Crippen LogP contribution in [0.4, 0.5) is 0 Å². The lowest BCUT2D eigenvalue weighted by atomic mass is 9.78. The Bertz CT molecular complexity index is 782. The Balaban J connectivity index is 2.49. The number of hydrogen-bond donors (Lipinski definition) is 6. The summed E-state index contributed by atoms with van der Waals surface area (Å²) in [5.41, 5.74) is -3.23. The highest BCUT2D eigenvalue weighted by molar-refractivity contribution is 5.73. The van der Waals surface area contributed by atoms with E-state index in [1.54, 1.807) is 34.7 Å². The van der Waals surface area contributed by atoms with Gasteiger partial charge in [0, 0.05) is 24.5 Å². The maximum atomic E-state index is 13.2. The van der Waals surface area contributed by atoms with Crippen molar-refractivity contribution < 1.29 is 44.5 Å². The minimum Gasteiger partial charge on any atom is -0.459 e. The first-order valence-electron chi connectivity index (χ1n) is 14.3. The number of aliphatic hydroxyl groups is 5. The van der Waals surface area contributed by atoms with Gasteiger partial charge in [0.2, 0.25) is 0 Å². The van der Waals surface area contributed by atoms with Gasteiger partial charge in [-0.2, -0.15) is 0 Å². The van der Waals surface area contributed by atoms with Crippen molar-refractivity contribution in [3.8, 4) is 0 Å². The molecule has 0 aromatic carbocycles. The summed E-state index contributed by atoms with van der Waals surface area (Å²) in [6.07, 6.45) is -5.48. The second kappa shape index (κ2) is 13.8. The van der Waals surface area contributed by atoms with Gasteiger partial charge in [0.25, 0.3) is 0 Å². The molecule has 11 nitrogen and oxygen atoms in total. The van der Waals surface area contributed by atoms with Crippen molar-refractivity contribution in [2.45, 2.75) is 128 Å². The average molecular weight is 563 g/mol. The minimum atomic E-state index is -1.74. The van der Waals surface area contributed by atoms with Gasteiger partial charge >= 0.3 is 5.97 Å². The molecule has 0 aromatic heterocycles. The lowest BCUT2D eigenvalue weighted by Gasteiger charge is -2.44. The minimum absolute atomic E-state index is 0.0929. The number of nitrogens with zero attached hydrogens (tertiary/aromatic N) is 1. The molecule has 0 unspecified atom stereocenters. The molecule has 0 aliphatic carbocycles. The maximum absolute atomic E-state index is 13.2. The molecule has 0 saturated carbocycles. The van der Waals surface area contributed by atoms with Crippen LogP contribution in [0.15, 0.2) is 0 Å². The molecule has 2 heterocycles. The molecule has 2 fully saturated rings. The van der Waals surface area contributed by atoms with Crippen molar-refractivity contribution in [1.29, 1.82) is 0 Å². The maximum Gasteiger partial charge on any atom is 0.311 e. The smallest absolute Gasteiger partial charge is 0.311 e. The second-order valence-electron chi connectivity index (χ2n) is 12.5. The zero-order valence-electron chi connectivity index (χ0n) is 25.2. The van der Waals surface area contributed by atoms with Crippen LogP contribution in [0.5, 0.6) is 0 Å². The third-order valence-electron chi connectivity index (χ3n) is 8.96. The highest BCUT2D eigenvalue weighted by Crippen LogP contribution is 2.35. The fraction of sp³-hybridized carbons (Fsp3) is 0.964. The normalized spacial score (nSPS) is 48.2. The van der Waals surface area contributed by atoms with Gasteiger partial charge in [-0.3, -0.25) is 4.79 Å². The molecule has 2 saturated heterocycles. The van der Waals surface area contributed by atoms with Crippen molar-refractivity contribution in [3.05, 3.63) is 0 Å². The summed E-state index contributed by atoms with van der Waals surface area (Å²) in [6.45, 7) is 12.6. The van der Waals surface area contributed by atoms with Crippen LogP contribution in [-0.2, 0) is 19.0 Å². The Kier molecular flexibility index (Phi) is 12.2. The predicted molar refractivity (Wildman–Crippen MR) is 146 cm³/mol. The molecule has 0 aromatic rings. The topological polar surface area (TPSA) is 161 Å². The van der Waals surface area contributed by atoms with E-state index in [1.807, 2.05) is 18.9 Å². The summed E-state index contributed by atoms with van der Waals surface area (Å²) in [6, 6.07) is -0.757. The molecular formula is C28H54N2O9. The zero-order chi connectivity index (χ0) is 29.9. The monoisotopic (exact) mass is 562 g/mol. The first-order valence-corrected chi connectivity index (χ1v) is 14.3. The molecular weight excluding hydrogens is 508 g/mol. The second-order valence-corrected chi connectivity index (χ2v) is 12.5. The van der Waals surface area contributed by atoms with E-state index >= 15 is 0 Å². The summed E-state index contributed by atoms with van der Waals surface area (Å²) in [5.74, 6) is -2.63. The number of rotatable bonds is 4. The average Bonchev–Trinajstić information content (AvgIpc) is 2.87. The summed E-state index contributed by atoms with van der Waals surface area (Å²) < 4.78 is 17.7. The number of cyclic esters (lactones) is 1. The van der Waals surface area contributed by atoms with Crippen molar-refractivity contribution in [2.75, 3.05) is 27.2 Å². The van der Waals surface area contributed by atoms with Crippen LogP contribution < -0.4 is 5.32 Å². The summed E-state index contributed by atoms with van der Waals surface area (Å²) in [5, 5.41) is 59.5. The van der Waals surface area contributed by atoms with E-state index in [1.165, 1.54) is 13.8 Å². The molecule has 13 atom stereocenters. The number of carbonyl (C=O) groups excluding carboxylic acids is 1. The number of esters is 1. The molecule has 230 valence electrons. The van der Waals surface area contributed by atoms with E-state index in [-0.39, 0.29) is 24.8 Å². The fourth-order valence-corrected chi connectivity index (χ4v) is 6.29. The van der Waals surface area contributed by atoms with Gasteiger partial charge in [-0.05, 0) is 67.0 Å². The van der Waals surface area contributed by atoms with E-state index in [0.717, 1.165) is 0 Å². The van der Waals surface area contributed by atoms with Crippen LogP contribution in [0.25, 0.3) is 0 Å². The first kappa shape index (κ1) is 34.3. The number of ether oxygens (including phenoxy) is 3. The summed E-state index contributed by atoms with van der Waals surface area (Å²) in [7, 11) is 3.57. The first-order chi connectivity index (χ1) is 18.0. The molecule has 0 radical (unpaired) electrons. The van der Waals surface area contributed by atoms with Gasteiger partial charge in [-0.15, -0.1) is 0 Å². The van der Waals surface area contributed by atoms with Crippen LogP contribution in [0.3, 0.4) is 0 Å². The SMILES string of the molecule is CC[C@H]1OC(=O)[C@H](C)[C@@H](O)[C@H](C)[C@@H](O[C@@H]2OCC[C@H](NC)[C@H]2O)[C@](C)(O)C[C@@H](C)CN(C)[C@H](C)[C@@H](O)[C@]1(C)O. The van der Waals surface area contributed by atoms with Crippen LogP contribution >= 0.6 is 0 Å². The van der Waals surface area contributed by atoms with E-state index in [0.29, 0.717) is 19.6 Å². The molecule has 0 amide bonds. The number of carbonyl (C=O) groups is 1. The Hall–Kier alpha value is -0.890. The Morgan fingerprint density at radius 3 is 2.28 bits per heavy atom. The van der Waals surface area contributed by atoms with Crippen molar-refractivity contribution in [3.63, 3.8) is 0 Å². The third-order valence-corrected chi connectivity index (χ3v) is 8.96. The van der Waals surface area contributed by atoms with Gasteiger partial charge in [-0.25, -0.2) is 0 Å². The molecule has 6 N–H and O–H groups in total. The highest BCUT2D eigenvalue weighted by Gasteiger charge is 2.49. The zero-order valence-corrected chi connectivity index (χ0v) is 25.2. The molecule has 2 aliphatic heterocycles. The molecule has 0 bridgehead atoms. The fourth-order valence-electron chi connectivity index (χ4n) is 6.29. The van der Waals surface area contributed by atoms with E-state index in [9.17, 15) is 30.3 Å². The van der Waals surface area contributed by atoms with Gasteiger partial charge in [-0.1, -0.05) is 20.8 Å². The molecule has 39 heavy (non-hydrogen) atoms. The number of hydrogen-bond acceptors (Lipinski definition) is 11. The molecule has 2 rings (SSSR count). The van der Waals surface area contributed by atoms with Crippen LogP contribution in [0.2, 0.25) is 0 Å². The molecule has 2 aliphatic rings. The van der Waals surface area contributed by atoms with Crippen LogP contribution in [0.1, 0.15) is 67.7 Å². The third kappa shape index (κ3) is 7.90. The standard InChI is InChI=1S/C28H54N2O9/c1-10-20-28(7,36)23(33)18(5)30(9)14-15(2)13-27(6,35)24(16(3)21(31)17(4)25(34)38-20)39-26-22(32)19(29-8)11-12-37-26/h15-24,26,29,31-33,35-36H,10-14H2,1-9H3/t15-,16+,17-,18-,19+,20-,21+,22-,23-,24-,26+,27-,28-/m1/s1. The van der Waals surface area contributed by atoms with Crippen molar-refractivity contribution in [1.82, 2.24) is 10.2 Å². The van der Waals surface area contributed by atoms with Crippen molar-refractivity contribution in [2.24, 2.45) is 17.8 Å². The lowest BCUT2D eigenvalue weighted by molar-refractivity contribution is -0.280. The lowest BCUT2D eigenvalue weighted by Crippen LogP contribution is -2.59. The van der Waals surface area contributed by atoms with Gasteiger partial charge in [0.1, 0.15) is 23.9 Å². The Labute approximate surface area is 233 Å². The van der Waals surface area contributed by atoms with E-state index in [4.69, 9.17) is 14.2 Å². The van der Waals surface area contributed by atoms with E-state index in [2.05, 4.69) is 5.32 Å². The molecule has 11 heteroatoms. The van der Waals surface area contributed by atoms with E-state index < -0.39 is 71.9 Å². The Morgan fingerprint density at radius 1 is 1.10 bits per heavy atom. The van der Waals surface area contributed by atoms with Crippen molar-refractivity contribution >= 4 is 5.97 Å². The van der Waals surface area contributed by atoms with Gasteiger partial charge in [0.15, 0.2) is 6.29 Å². The highest BCUT2D eigenvalue weighted by atomic mass is 16.7.